The van der Waals surface area contributed by atoms with Crippen LogP contribution in [0, 0.1) is 0 Å². The first-order valence-electron chi connectivity index (χ1n) is 8.72. The maximum absolute atomic E-state index is 6.48. The molecule has 1 aromatic heterocycles. The molecule has 3 fully saturated rings. The van der Waals surface area contributed by atoms with E-state index in [1.165, 1.54) is 63.6 Å². The van der Waals surface area contributed by atoms with E-state index >= 15 is 0 Å². The Morgan fingerprint density at radius 1 is 1.24 bits per heavy atom. The molecule has 1 aliphatic carbocycles. The summed E-state index contributed by atoms with van der Waals surface area (Å²) in [5.41, 5.74) is 1.59. The van der Waals surface area contributed by atoms with Gasteiger partial charge < -0.3 is 9.64 Å². The molecule has 2 atom stereocenters. The fourth-order valence-corrected chi connectivity index (χ4v) is 4.67. The Labute approximate surface area is 127 Å². The van der Waals surface area contributed by atoms with Gasteiger partial charge in [-0.05, 0) is 51.1 Å². The summed E-state index contributed by atoms with van der Waals surface area (Å²) in [6.07, 6.45) is 12.9. The summed E-state index contributed by atoms with van der Waals surface area (Å²) in [4.78, 5) is 2.62. The van der Waals surface area contributed by atoms with E-state index in [0.717, 1.165) is 13.1 Å². The highest BCUT2D eigenvalue weighted by atomic mass is 16.5. The molecule has 2 saturated heterocycles. The van der Waals surface area contributed by atoms with Gasteiger partial charge in [0, 0.05) is 30.9 Å². The quantitative estimate of drug-likeness (QED) is 0.929. The van der Waals surface area contributed by atoms with E-state index in [2.05, 4.69) is 21.2 Å². The molecule has 1 saturated carbocycles. The predicted molar refractivity (Wildman–Crippen MR) is 82.3 cm³/mol. The molecule has 1 spiro atoms. The van der Waals surface area contributed by atoms with Crippen LogP contribution < -0.4 is 0 Å². The van der Waals surface area contributed by atoms with Crippen molar-refractivity contribution in [2.24, 2.45) is 0 Å². The van der Waals surface area contributed by atoms with Gasteiger partial charge in [0.2, 0.25) is 0 Å². The summed E-state index contributed by atoms with van der Waals surface area (Å²) in [5, 5.41) is 7.26. The van der Waals surface area contributed by atoms with Crippen LogP contribution in [0.4, 0.5) is 0 Å². The number of piperidine rings is 1. The molecule has 1 N–H and O–H groups in total. The third kappa shape index (κ3) is 2.88. The van der Waals surface area contributed by atoms with Crippen molar-refractivity contribution in [2.75, 3.05) is 19.6 Å². The van der Waals surface area contributed by atoms with Gasteiger partial charge in [-0.1, -0.05) is 12.8 Å². The Morgan fingerprint density at radius 2 is 2.14 bits per heavy atom. The zero-order chi connectivity index (χ0) is 14.1. The molecule has 4 rings (SSSR count). The third-order valence-corrected chi connectivity index (χ3v) is 5.78. The van der Waals surface area contributed by atoms with Crippen LogP contribution in [0.15, 0.2) is 12.3 Å². The predicted octanol–water partition coefficient (Wildman–Crippen LogP) is 3.08. The van der Waals surface area contributed by atoms with E-state index in [-0.39, 0.29) is 5.60 Å². The van der Waals surface area contributed by atoms with Gasteiger partial charge in [-0.3, -0.25) is 5.10 Å². The van der Waals surface area contributed by atoms with E-state index in [4.69, 9.17) is 4.74 Å². The highest BCUT2D eigenvalue weighted by molar-refractivity contribution is 5.07. The second kappa shape index (κ2) is 5.73. The minimum atomic E-state index is 0.281. The lowest BCUT2D eigenvalue weighted by Crippen LogP contribution is -2.40. The minimum Gasteiger partial charge on any atom is -0.370 e. The van der Waals surface area contributed by atoms with Crippen LogP contribution in [0.1, 0.15) is 63.0 Å². The SMILES string of the molecule is c1cc(C2CCCN(CC3CCC4(CCCC4)O3)C2)[nH]n1. The van der Waals surface area contributed by atoms with E-state index in [1.54, 1.807) is 0 Å². The summed E-state index contributed by atoms with van der Waals surface area (Å²) in [6.45, 7) is 3.53. The molecule has 116 valence electrons. The summed E-state index contributed by atoms with van der Waals surface area (Å²) in [6, 6.07) is 2.13. The Morgan fingerprint density at radius 3 is 2.95 bits per heavy atom. The Bertz CT molecular complexity index is 453. The molecular weight excluding hydrogens is 262 g/mol. The van der Waals surface area contributed by atoms with E-state index in [0.29, 0.717) is 12.0 Å². The number of nitrogens with zero attached hydrogens (tertiary/aromatic N) is 2. The molecule has 0 amide bonds. The molecule has 3 heterocycles. The van der Waals surface area contributed by atoms with E-state index < -0.39 is 0 Å². The molecule has 2 aliphatic heterocycles. The van der Waals surface area contributed by atoms with Gasteiger partial charge in [0.15, 0.2) is 0 Å². The molecular formula is C17H27N3O. The van der Waals surface area contributed by atoms with Crippen LogP contribution in [0.5, 0.6) is 0 Å². The molecule has 4 heteroatoms. The first-order valence-corrected chi connectivity index (χ1v) is 8.72. The van der Waals surface area contributed by atoms with E-state index in [1.807, 2.05) is 6.20 Å². The van der Waals surface area contributed by atoms with Crippen molar-refractivity contribution in [1.82, 2.24) is 15.1 Å². The number of hydrogen-bond donors (Lipinski definition) is 1. The van der Waals surface area contributed by atoms with Crippen LogP contribution in [-0.2, 0) is 4.74 Å². The summed E-state index contributed by atoms with van der Waals surface area (Å²) < 4.78 is 6.48. The summed E-state index contributed by atoms with van der Waals surface area (Å²) in [5.74, 6) is 0.628. The topological polar surface area (TPSA) is 41.1 Å². The smallest absolute Gasteiger partial charge is 0.0710 e. The summed E-state index contributed by atoms with van der Waals surface area (Å²) in [7, 11) is 0. The van der Waals surface area contributed by atoms with Gasteiger partial charge in [0.25, 0.3) is 0 Å². The maximum atomic E-state index is 6.48. The average molecular weight is 289 g/mol. The maximum Gasteiger partial charge on any atom is 0.0710 e. The number of aromatic amines is 1. The normalized spacial score (nSPS) is 33.0. The molecule has 0 bridgehead atoms. The molecule has 21 heavy (non-hydrogen) atoms. The lowest BCUT2D eigenvalue weighted by atomic mass is 9.94. The van der Waals surface area contributed by atoms with Gasteiger partial charge in [-0.25, -0.2) is 0 Å². The molecule has 3 aliphatic rings. The Kier molecular flexibility index (Phi) is 3.76. The monoisotopic (exact) mass is 289 g/mol. The zero-order valence-electron chi connectivity index (χ0n) is 12.9. The zero-order valence-corrected chi connectivity index (χ0v) is 12.9. The Balaban J connectivity index is 1.33. The van der Waals surface area contributed by atoms with Crippen LogP contribution in [-0.4, -0.2) is 46.4 Å². The molecule has 0 radical (unpaired) electrons. The molecule has 1 aromatic rings. The number of hydrogen-bond acceptors (Lipinski definition) is 3. The second-order valence-corrected chi connectivity index (χ2v) is 7.28. The van der Waals surface area contributed by atoms with Gasteiger partial charge in [0.05, 0.1) is 11.7 Å². The van der Waals surface area contributed by atoms with Crippen molar-refractivity contribution in [1.29, 1.82) is 0 Å². The number of ether oxygens (including phenoxy) is 1. The number of H-pyrrole nitrogens is 1. The van der Waals surface area contributed by atoms with Gasteiger partial charge in [-0.15, -0.1) is 0 Å². The average Bonchev–Trinajstić information content (AvgIpc) is 3.24. The summed E-state index contributed by atoms with van der Waals surface area (Å²) >= 11 is 0. The standard InChI is InChI=1S/C17H27N3O/c1-2-8-17(7-1)9-5-15(21-17)13-20-11-3-4-14(12-20)16-6-10-18-19-16/h6,10,14-15H,1-5,7-9,11-13H2,(H,18,19). The van der Waals surface area contributed by atoms with Crippen molar-refractivity contribution in [3.63, 3.8) is 0 Å². The number of likely N-dealkylation sites (tertiary alicyclic amines) is 1. The fourth-order valence-electron chi connectivity index (χ4n) is 4.67. The fraction of sp³-hybridized carbons (Fsp3) is 0.824. The van der Waals surface area contributed by atoms with E-state index in [9.17, 15) is 0 Å². The van der Waals surface area contributed by atoms with Crippen LogP contribution >= 0.6 is 0 Å². The largest absolute Gasteiger partial charge is 0.370 e. The lowest BCUT2D eigenvalue weighted by molar-refractivity contribution is -0.0493. The molecule has 4 nitrogen and oxygen atoms in total. The number of rotatable bonds is 3. The van der Waals surface area contributed by atoms with Crippen molar-refractivity contribution < 1.29 is 4.74 Å². The third-order valence-electron chi connectivity index (χ3n) is 5.78. The van der Waals surface area contributed by atoms with Crippen LogP contribution in [0.2, 0.25) is 0 Å². The van der Waals surface area contributed by atoms with Crippen molar-refractivity contribution >= 4 is 0 Å². The minimum absolute atomic E-state index is 0.281. The molecule has 2 unspecified atom stereocenters. The van der Waals surface area contributed by atoms with Crippen molar-refractivity contribution in [2.45, 2.75) is 69.0 Å². The second-order valence-electron chi connectivity index (χ2n) is 7.28. The Hall–Kier alpha value is -0.870. The highest BCUT2D eigenvalue weighted by Gasteiger charge is 2.42. The van der Waals surface area contributed by atoms with Gasteiger partial charge >= 0.3 is 0 Å². The van der Waals surface area contributed by atoms with Gasteiger partial charge in [0.1, 0.15) is 0 Å². The molecule has 0 aromatic carbocycles. The van der Waals surface area contributed by atoms with Crippen LogP contribution in [0.3, 0.4) is 0 Å². The van der Waals surface area contributed by atoms with Gasteiger partial charge in [-0.2, -0.15) is 5.10 Å². The first-order chi connectivity index (χ1) is 10.3. The number of aromatic nitrogens is 2. The number of nitrogens with one attached hydrogen (secondary N) is 1. The van der Waals surface area contributed by atoms with Crippen molar-refractivity contribution in [3.8, 4) is 0 Å². The first kappa shape index (κ1) is 13.8. The lowest BCUT2D eigenvalue weighted by Gasteiger charge is -2.34. The highest BCUT2D eigenvalue weighted by Crippen LogP contribution is 2.43. The van der Waals surface area contributed by atoms with Crippen molar-refractivity contribution in [3.05, 3.63) is 18.0 Å². The van der Waals surface area contributed by atoms with Crippen LogP contribution in [0.25, 0.3) is 0 Å².